The molecule has 0 amide bonds. The van der Waals surface area contributed by atoms with Gasteiger partial charge in [0.1, 0.15) is 0 Å². The molecule has 0 aliphatic carbocycles. The predicted octanol–water partition coefficient (Wildman–Crippen LogP) is 9.29. The Bertz CT molecular complexity index is 683. The number of para-hydroxylation sites is 2. The Morgan fingerprint density at radius 3 is 0.973 bits per heavy atom. The molecule has 3 heteroatoms. The molecule has 0 aromatic heterocycles. The van der Waals surface area contributed by atoms with Crippen LogP contribution in [0.5, 0.6) is 11.5 Å². The molecule has 0 atom stereocenters. The van der Waals surface area contributed by atoms with Crippen LogP contribution in [0.3, 0.4) is 0 Å². The van der Waals surface area contributed by atoms with Gasteiger partial charge in [0.05, 0.1) is 0 Å². The molecule has 204 valence electrons. The van der Waals surface area contributed by atoms with Gasteiger partial charge in [0.2, 0.25) is 0 Å². The number of rotatable bonds is 20. The van der Waals surface area contributed by atoms with Crippen molar-refractivity contribution in [1.82, 2.24) is 0 Å². The van der Waals surface area contributed by atoms with Crippen molar-refractivity contribution in [3.8, 4) is 11.5 Å². The third-order valence-electron chi connectivity index (χ3n) is 7.04. The van der Waals surface area contributed by atoms with E-state index in [1.54, 1.807) is 12.1 Å². The van der Waals surface area contributed by atoms with E-state index >= 15 is 0 Å². The zero-order chi connectivity index (χ0) is 26.1. The van der Waals surface area contributed by atoms with Gasteiger partial charge < -0.3 is 10.2 Å². The Hall–Kier alpha value is -0.700. The van der Waals surface area contributed by atoms with Crippen LogP contribution in [0.4, 0.5) is 0 Å². The summed E-state index contributed by atoms with van der Waals surface area (Å²) in [5, 5.41) is 23.0. The molecule has 37 heavy (non-hydrogen) atoms. The van der Waals surface area contributed by atoms with Gasteiger partial charge in [0, 0.05) is 0 Å². The molecule has 2 aromatic carbocycles. The monoisotopic (exact) mass is 534 g/mol. The topological polar surface area (TPSA) is 46.1 Å². The molecule has 0 spiro atoms. The average molecular weight is 535 g/mol. The van der Waals surface area contributed by atoms with E-state index in [4.69, 9.17) is 0 Å². The largest absolute Gasteiger partial charge is 2.00 e. The van der Waals surface area contributed by atoms with E-state index < -0.39 is 0 Å². The van der Waals surface area contributed by atoms with Gasteiger partial charge in [-0.05, 0) is 25.7 Å². The van der Waals surface area contributed by atoms with Gasteiger partial charge in [-0.3, -0.25) is 0 Å². The molecule has 2 rings (SSSR count). The maximum atomic E-state index is 11.5. The summed E-state index contributed by atoms with van der Waals surface area (Å²) in [5.74, 6) is 0.411. The van der Waals surface area contributed by atoms with Gasteiger partial charge in [-0.1, -0.05) is 176 Å². The zero-order valence-electron chi connectivity index (χ0n) is 24.3. The minimum Gasteiger partial charge on any atom is -0.872 e. The van der Waals surface area contributed by atoms with Crippen molar-refractivity contribution in [2.75, 3.05) is 0 Å². The first-order valence-electron chi connectivity index (χ1n) is 15.2. The van der Waals surface area contributed by atoms with Crippen molar-refractivity contribution in [1.29, 1.82) is 0 Å². The molecule has 0 saturated carbocycles. The Morgan fingerprint density at radius 2 is 0.676 bits per heavy atom. The number of unbranched alkanes of at least 4 members (excludes halogenated alkanes) is 16. The Balaban J connectivity index is 0.000000682. The molecule has 0 bridgehead atoms. The first-order valence-corrected chi connectivity index (χ1v) is 15.2. The van der Waals surface area contributed by atoms with Gasteiger partial charge in [0.15, 0.2) is 0 Å². The molecular formula is C34H54CaO2. The smallest absolute Gasteiger partial charge is 0.872 e. The Morgan fingerprint density at radius 1 is 0.405 bits per heavy atom. The fourth-order valence-electron chi connectivity index (χ4n) is 4.67. The molecule has 0 N–H and O–H groups in total. The first-order chi connectivity index (χ1) is 17.7. The number of benzene rings is 2. The van der Waals surface area contributed by atoms with Crippen LogP contribution in [-0.4, -0.2) is 37.7 Å². The standard InChI is InChI=1S/2C17H28O.Ca/c2*1-2-3-4-5-6-7-8-9-10-13-16-14-11-12-15-17(16)18;/h2*11-12,14-15,18H,2-10,13H2,1H3;/q;;+2/p-2. The van der Waals surface area contributed by atoms with Crippen molar-refractivity contribution in [2.45, 2.75) is 142 Å². The summed E-state index contributed by atoms with van der Waals surface area (Å²) in [4.78, 5) is 0. The molecule has 0 radical (unpaired) electrons. The van der Waals surface area contributed by atoms with Gasteiger partial charge in [-0.15, -0.1) is 11.5 Å². The maximum absolute atomic E-state index is 11.5. The van der Waals surface area contributed by atoms with Crippen molar-refractivity contribution < 1.29 is 10.2 Å². The fourth-order valence-corrected chi connectivity index (χ4v) is 4.67. The summed E-state index contributed by atoms with van der Waals surface area (Å²) in [6.45, 7) is 4.52. The van der Waals surface area contributed by atoms with E-state index in [9.17, 15) is 10.2 Å². The molecule has 0 fully saturated rings. The summed E-state index contributed by atoms with van der Waals surface area (Å²) in [6, 6.07) is 14.8. The summed E-state index contributed by atoms with van der Waals surface area (Å²) in [7, 11) is 0. The summed E-state index contributed by atoms with van der Waals surface area (Å²) in [6.07, 6.45) is 26.0. The van der Waals surface area contributed by atoms with Crippen molar-refractivity contribution in [3.05, 3.63) is 59.7 Å². The summed E-state index contributed by atoms with van der Waals surface area (Å²) < 4.78 is 0. The number of aryl methyl sites for hydroxylation is 2. The number of hydrogen-bond donors (Lipinski definition) is 0. The van der Waals surface area contributed by atoms with Crippen LogP contribution >= 0.6 is 0 Å². The molecule has 2 aromatic rings. The minimum absolute atomic E-state index is 0. The van der Waals surface area contributed by atoms with Gasteiger partial charge in [-0.25, -0.2) is 0 Å². The molecule has 0 aliphatic heterocycles. The third-order valence-corrected chi connectivity index (χ3v) is 7.04. The first kappa shape index (κ1) is 36.3. The quantitative estimate of drug-likeness (QED) is 0.125. The minimum atomic E-state index is 0. The van der Waals surface area contributed by atoms with E-state index in [0.717, 1.165) is 36.8 Å². The van der Waals surface area contributed by atoms with Crippen LogP contribution in [0.2, 0.25) is 0 Å². The zero-order valence-corrected chi connectivity index (χ0v) is 26.5. The molecule has 0 unspecified atom stereocenters. The van der Waals surface area contributed by atoms with Crippen LogP contribution < -0.4 is 10.2 Å². The van der Waals surface area contributed by atoms with E-state index in [1.807, 2.05) is 36.4 Å². The summed E-state index contributed by atoms with van der Waals surface area (Å²) >= 11 is 0. The molecular weight excluding hydrogens is 480 g/mol. The Kier molecular flexibility index (Phi) is 26.4. The van der Waals surface area contributed by atoms with Gasteiger partial charge >= 0.3 is 37.7 Å². The fraction of sp³-hybridized carbons (Fsp3) is 0.647. The van der Waals surface area contributed by atoms with Gasteiger partial charge in [-0.2, -0.15) is 0 Å². The predicted molar refractivity (Wildman–Crippen MR) is 159 cm³/mol. The summed E-state index contributed by atoms with van der Waals surface area (Å²) in [5.41, 5.74) is 1.97. The molecule has 0 aliphatic rings. The molecule has 0 heterocycles. The van der Waals surface area contributed by atoms with Crippen molar-refractivity contribution in [3.63, 3.8) is 0 Å². The van der Waals surface area contributed by atoms with Crippen LogP contribution in [0.1, 0.15) is 141 Å². The second-order valence-electron chi connectivity index (χ2n) is 10.4. The van der Waals surface area contributed by atoms with E-state index in [-0.39, 0.29) is 49.2 Å². The SMILES string of the molecule is CCCCCCCCCCCc1ccccc1[O-].CCCCCCCCCCCc1ccccc1[O-].[Ca+2]. The second kappa shape index (κ2) is 26.9. The molecule has 2 nitrogen and oxygen atoms in total. The van der Waals surface area contributed by atoms with Crippen molar-refractivity contribution in [2.24, 2.45) is 0 Å². The van der Waals surface area contributed by atoms with Crippen LogP contribution in [0, 0.1) is 0 Å². The van der Waals surface area contributed by atoms with Crippen LogP contribution in [0.15, 0.2) is 48.5 Å². The van der Waals surface area contributed by atoms with E-state index in [1.165, 1.54) is 103 Å². The average Bonchev–Trinajstić information content (AvgIpc) is 2.89. The second-order valence-corrected chi connectivity index (χ2v) is 10.4. The maximum Gasteiger partial charge on any atom is 2.00 e. The third kappa shape index (κ3) is 20.9. The van der Waals surface area contributed by atoms with Crippen molar-refractivity contribution >= 4 is 37.7 Å². The van der Waals surface area contributed by atoms with Crippen LogP contribution in [-0.2, 0) is 12.8 Å². The normalized spacial score (nSPS) is 10.4. The Labute approximate surface area is 259 Å². The van der Waals surface area contributed by atoms with Gasteiger partial charge in [0.25, 0.3) is 0 Å². The van der Waals surface area contributed by atoms with Crippen LogP contribution in [0.25, 0.3) is 0 Å². The number of hydrogen-bond acceptors (Lipinski definition) is 2. The van der Waals surface area contributed by atoms with E-state index in [0.29, 0.717) is 0 Å². The molecule has 0 saturated heterocycles. The van der Waals surface area contributed by atoms with E-state index in [2.05, 4.69) is 13.8 Å².